The van der Waals surface area contributed by atoms with Crippen LogP contribution in [-0.2, 0) is 0 Å². The molecule has 0 fully saturated rings. The summed E-state index contributed by atoms with van der Waals surface area (Å²) in [5, 5.41) is 0. The maximum absolute atomic E-state index is 11.7. The van der Waals surface area contributed by atoms with Crippen LogP contribution in [0.1, 0.15) is 91.0 Å². The normalized spacial score (nSPS) is 8.73. The minimum atomic E-state index is 0. The SMILES string of the molecule is C.C.C.CC(=O)c1ccc(C(=O)CC(C)C)cc1.CC(C)C. The molecule has 0 spiro atoms. The minimum absolute atomic E-state index is 0. The molecule has 0 unspecified atom stereocenters. The van der Waals surface area contributed by atoms with Crippen molar-refractivity contribution in [2.45, 2.75) is 70.2 Å². The van der Waals surface area contributed by atoms with Gasteiger partial charge >= 0.3 is 0 Å². The molecule has 1 aromatic rings. The lowest BCUT2D eigenvalue weighted by molar-refractivity contribution is 0.0965. The van der Waals surface area contributed by atoms with Gasteiger partial charge in [0, 0.05) is 17.5 Å². The Morgan fingerprint density at radius 3 is 1.41 bits per heavy atom. The van der Waals surface area contributed by atoms with Gasteiger partial charge in [-0.1, -0.05) is 81.2 Å². The van der Waals surface area contributed by atoms with E-state index in [1.54, 1.807) is 24.3 Å². The third kappa shape index (κ3) is 13.5. The van der Waals surface area contributed by atoms with Crippen LogP contribution in [0.5, 0.6) is 0 Å². The molecule has 0 saturated heterocycles. The van der Waals surface area contributed by atoms with Crippen molar-refractivity contribution in [1.29, 1.82) is 0 Å². The average Bonchev–Trinajstić information content (AvgIpc) is 2.27. The van der Waals surface area contributed by atoms with Crippen molar-refractivity contribution >= 4 is 11.6 Å². The first-order chi connectivity index (χ1) is 8.73. The number of carbonyl (C=O) groups is 2. The van der Waals surface area contributed by atoms with Crippen LogP contribution in [0, 0.1) is 11.8 Å². The molecule has 0 saturated carbocycles. The van der Waals surface area contributed by atoms with Crippen LogP contribution >= 0.6 is 0 Å². The molecule has 0 atom stereocenters. The third-order valence-electron chi connectivity index (χ3n) is 2.21. The van der Waals surface area contributed by atoms with Crippen molar-refractivity contribution in [3.63, 3.8) is 0 Å². The van der Waals surface area contributed by atoms with Crippen molar-refractivity contribution in [3.8, 4) is 0 Å². The Hall–Kier alpha value is -1.44. The van der Waals surface area contributed by atoms with Gasteiger partial charge in [-0.3, -0.25) is 9.59 Å². The molecule has 0 aliphatic heterocycles. The molecule has 22 heavy (non-hydrogen) atoms. The number of Topliss-reactive ketones (excluding diaryl/α,β-unsaturated/α-hetero) is 2. The molecule has 0 amide bonds. The number of ketones is 2. The second kappa shape index (κ2) is 14.5. The summed E-state index contributed by atoms with van der Waals surface area (Å²) in [6.07, 6.45) is 0.555. The van der Waals surface area contributed by atoms with E-state index in [-0.39, 0.29) is 33.8 Å². The Bertz CT molecular complexity index is 397. The Morgan fingerprint density at radius 1 is 0.818 bits per heavy atom. The van der Waals surface area contributed by atoms with E-state index < -0.39 is 0 Å². The first-order valence-electron chi connectivity index (χ1n) is 6.88. The van der Waals surface area contributed by atoms with Gasteiger partial charge in [0.2, 0.25) is 0 Å². The number of hydrogen-bond donors (Lipinski definition) is 0. The van der Waals surface area contributed by atoms with E-state index in [1.165, 1.54) is 6.92 Å². The Kier molecular flexibility index (Phi) is 18.9. The van der Waals surface area contributed by atoms with E-state index in [0.717, 1.165) is 5.92 Å². The van der Waals surface area contributed by atoms with Gasteiger partial charge in [-0.15, -0.1) is 0 Å². The Morgan fingerprint density at radius 2 is 1.14 bits per heavy atom. The van der Waals surface area contributed by atoms with Gasteiger partial charge in [-0.2, -0.15) is 0 Å². The van der Waals surface area contributed by atoms with Crippen molar-refractivity contribution in [1.82, 2.24) is 0 Å². The summed E-state index contributed by atoms with van der Waals surface area (Å²) in [5.41, 5.74) is 1.34. The number of rotatable bonds is 4. The average molecular weight is 311 g/mol. The third-order valence-corrected chi connectivity index (χ3v) is 2.21. The maximum Gasteiger partial charge on any atom is 0.163 e. The zero-order chi connectivity index (χ0) is 15.0. The maximum atomic E-state index is 11.7. The predicted molar refractivity (Wildman–Crippen MR) is 101 cm³/mol. The molecular weight excluding hydrogens is 272 g/mol. The van der Waals surface area contributed by atoms with Gasteiger partial charge in [0.1, 0.15) is 0 Å². The fourth-order valence-electron chi connectivity index (χ4n) is 1.38. The topological polar surface area (TPSA) is 34.1 Å². The Labute approximate surface area is 139 Å². The van der Waals surface area contributed by atoms with Crippen LogP contribution in [0.3, 0.4) is 0 Å². The molecule has 0 aromatic heterocycles. The Balaban J connectivity index is -0.000000208. The number of carbonyl (C=O) groups excluding carboxylic acids is 2. The molecule has 2 heteroatoms. The zero-order valence-corrected chi connectivity index (χ0v) is 13.0. The summed E-state index contributed by atoms with van der Waals surface area (Å²) in [7, 11) is 0. The molecule has 0 aliphatic carbocycles. The van der Waals surface area contributed by atoms with Crippen molar-refractivity contribution < 1.29 is 9.59 Å². The second-order valence-electron chi connectivity index (χ2n) is 5.89. The number of hydrogen-bond acceptors (Lipinski definition) is 2. The monoisotopic (exact) mass is 310 g/mol. The summed E-state index contributed by atoms with van der Waals surface area (Å²) in [5.74, 6) is 1.36. The second-order valence-corrected chi connectivity index (χ2v) is 5.89. The highest BCUT2D eigenvalue weighted by Crippen LogP contribution is 2.11. The van der Waals surface area contributed by atoms with Gasteiger partial charge in [-0.25, -0.2) is 0 Å². The first kappa shape index (κ1) is 28.7. The fraction of sp³-hybridized carbons (Fsp3) is 0.600. The lowest BCUT2D eigenvalue weighted by atomic mass is 10.00. The van der Waals surface area contributed by atoms with Gasteiger partial charge in [0.25, 0.3) is 0 Å². The smallest absolute Gasteiger partial charge is 0.163 e. The van der Waals surface area contributed by atoms with Gasteiger partial charge in [-0.05, 0) is 18.8 Å². The van der Waals surface area contributed by atoms with E-state index in [4.69, 9.17) is 0 Å². The van der Waals surface area contributed by atoms with E-state index in [1.807, 2.05) is 13.8 Å². The summed E-state index contributed by atoms with van der Waals surface area (Å²) in [6.45, 7) is 12.1. The van der Waals surface area contributed by atoms with E-state index in [9.17, 15) is 9.59 Å². The van der Waals surface area contributed by atoms with E-state index in [0.29, 0.717) is 23.5 Å². The van der Waals surface area contributed by atoms with Gasteiger partial charge in [0.05, 0.1) is 0 Å². The molecule has 0 N–H and O–H groups in total. The predicted octanol–water partition coefficient (Wildman–Crippen LogP) is 6.69. The van der Waals surface area contributed by atoms with Crippen LogP contribution < -0.4 is 0 Å². The standard InChI is InChI=1S/C13H16O2.C4H10.3CH4/c1-9(2)8-13(15)12-6-4-11(5-7-12)10(3)14;1-4(2)3;;;/h4-7,9H,8H2,1-3H3;4H,1-3H3;3*1H4. The highest BCUT2D eigenvalue weighted by Gasteiger charge is 2.08. The quantitative estimate of drug-likeness (QED) is 0.581. The molecule has 0 bridgehead atoms. The highest BCUT2D eigenvalue weighted by atomic mass is 16.1. The van der Waals surface area contributed by atoms with Crippen molar-refractivity contribution in [2.24, 2.45) is 11.8 Å². The van der Waals surface area contributed by atoms with Gasteiger partial charge < -0.3 is 0 Å². The van der Waals surface area contributed by atoms with Crippen molar-refractivity contribution in [2.75, 3.05) is 0 Å². The molecule has 1 rings (SSSR count). The van der Waals surface area contributed by atoms with Crippen LogP contribution in [0.2, 0.25) is 0 Å². The van der Waals surface area contributed by atoms with Crippen LogP contribution in [0.15, 0.2) is 24.3 Å². The van der Waals surface area contributed by atoms with Gasteiger partial charge in [0.15, 0.2) is 11.6 Å². The number of benzene rings is 1. The lowest BCUT2D eigenvalue weighted by Gasteiger charge is -2.04. The molecule has 0 radical (unpaired) electrons. The van der Waals surface area contributed by atoms with Crippen LogP contribution in [0.25, 0.3) is 0 Å². The molecule has 1 aromatic carbocycles. The largest absolute Gasteiger partial charge is 0.295 e. The molecule has 0 heterocycles. The summed E-state index contributed by atoms with van der Waals surface area (Å²) in [4.78, 5) is 22.7. The molecular formula is C20H38O2. The molecule has 0 aliphatic rings. The zero-order valence-electron chi connectivity index (χ0n) is 13.0. The fourth-order valence-corrected chi connectivity index (χ4v) is 1.38. The lowest BCUT2D eigenvalue weighted by Crippen LogP contribution is -2.04. The molecule has 130 valence electrons. The summed E-state index contributed by atoms with van der Waals surface area (Å²) < 4.78 is 0. The van der Waals surface area contributed by atoms with Crippen LogP contribution in [-0.4, -0.2) is 11.6 Å². The van der Waals surface area contributed by atoms with E-state index in [2.05, 4.69) is 20.8 Å². The molecule has 2 nitrogen and oxygen atoms in total. The van der Waals surface area contributed by atoms with Crippen molar-refractivity contribution in [3.05, 3.63) is 35.4 Å². The van der Waals surface area contributed by atoms with Crippen LogP contribution in [0.4, 0.5) is 0 Å². The minimum Gasteiger partial charge on any atom is -0.295 e. The summed E-state index contributed by atoms with van der Waals surface area (Å²) >= 11 is 0. The summed E-state index contributed by atoms with van der Waals surface area (Å²) in [6, 6.07) is 6.86. The first-order valence-corrected chi connectivity index (χ1v) is 6.88. The van der Waals surface area contributed by atoms with E-state index >= 15 is 0 Å². The highest BCUT2D eigenvalue weighted by molar-refractivity contribution is 5.98.